The van der Waals surface area contributed by atoms with Crippen molar-refractivity contribution in [3.05, 3.63) is 57.0 Å². The summed E-state index contributed by atoms with van der Waals surface area (Å²) in [5.41, 5.74) is 7.33. The van der Waals surface area contributed by atoms with Crippen LogP contribution >= 0.6 is 31.9 Å². The highest BCUT2D eigenvalue weighted by Crippen LogP contribution is 2.10. The van der Waals surface area contributed by atoms with Gasteiger partial charge in [0, 0.05) is 46.5 Å². The zero-order valence-electron chi connectivity index (χ0n) is 16.9. The SMILES string of the molecule is CS(=O)(=O)CCc1cncc(Br)c1.CS(=O)(=O)OS(C)(=O)=O.NCc1cncc(Br)c1. The molecular formula is C16H23Br2N3O7S3. The van der Waals surface area contributed by atoms with Crippen LogP contribution in [0.5, 0.6) is 0 Å². The van der Waals surface area contributed by atoms with E-state index in [0.717, 1.165) is 20.1 Å². The molecule has 2 heterocycles. The van der Waals surface area contributed by atoms with Crippen molar-refractivity contribution in [3.8, 4) is 0 Å². The van der Waals surface area contributed by atoms with Crippen LogP contribution in [0.15, 0.2) is 45.9 Å². The number of hydrogen-bond donors (Lipinski definition) is 1. The zero-order valence-corrected chi connectivity index (χ0v) is 22.5. The summed E-state index contributed by atoms with van der Waals surface area (Å²) < 4.78 is 67.3. The van der Waals surface area contributed by atoms with Gasteiger partial charge in [-0.3, -0.25) is 9.97 Å². The van der Waals surface area contributed by atoms with Gasteiger partial charge < -0.3 is 5.73 Å². The van der Waals surface area contributed by atoms with E-state index in [1.54, 1.807) is 24.8 Å². The minimum atomic E-state index is -3.87. The highest BCUT2D eigenvalue weighted by Gasteiger charge is 2.10. The third kappa shape index (κ3) is 19.4. The summed E-state index contributed by atoms with van der Waals surface area (Å²) in [7, 11) is -10.6. The molecule has 0 unspecified atom stereocenters. The third-order valence-electron chi connectivity index (χ3n) is 2.77. The van der Waals surface area contributed by atoms with Gasteiger partial charge in [-0.15, -0.1) is 3.63 Å². The molecule has 0 bridgehead atoms. The number of nitrogens with zero attached hydrogens (tertiary/aromatic N) is 2. The van der Waals surface area contributed by atoms with E-state index in [-0.39, 0.29) is 5.75 Å². The maximum Gasteiger partial charge on any atom is 0.278 e. The quantitative estimate of drug-likeness (QED) is 0.500. The summed E-state index contributed by atoms with van der Waals surface area (Å²) in [6, 6.07) is 3.82. The lowest BCUT2D eigenvalue weighted by Gasteiger charge is -1.99. The molecule has 10 nitrogen and oxygen atoms in total. The Morgan fingerprint density at radius 3 is 1.52 bits per heavy atom. The Morgan fingerprint density at radius 1 is 0.806 bits per heavy atom. The maximum atomic E-state index is 10.9. The Labute approximate surface area is 200 Å². The molecule has 0 aromatic carbocycles. The standard InChI is InChI=1S/C8H10BrNO2S.C6H7BrN2.C2H6O5S2/c1-13(11,12)3-2-7-4-8(9)6-10-5-7;7-6-1-5(2-8)3-9-4-6;1-8(3,4)7-9(2,5)6/h4-6H,2-3H2,1H3;1,3-4H,2,8H2;1-2H3. The first-order chi connectivity index (χ1) is 14.0. The molecule has 2 rings (SSSR count). The Morgan fingerprint density at radius 2 is 1.23 bits per heavy atom. The average Bonchev–Trinajstić information content (AvgIpc) is 2.57. The van der Waals surface area contributed by atoms with Crippen LogP contribution in [0.2, 0.25) is 0 Å². The van der Waals surface area contributed by atoms with Crippen LogP contribution in [0.1, 0.15) is 11.1 Å². The summed E-state index contributed by atoms with van der Waals surface area (Å²) in [6.45, 7) is 0.548. The minimum absolute atomic E-state index is 0.172. The van der Waals surface area contributed by atoms with E-state index >= 15 is 0 Å². The van der Waals surface area contributed by atoms with Crippen molar-refractivity contribution in [2.45, 2.75) is 13.0 Å². The van der Waals surface area contributed by atoms with E-state index in [9.17, 15) is 25.3 Å². The molecule has 15 heteroatoms. The molecule has 176 valence electrons. The molecule has 0 radical (unpaired) electrons. The van der Waals surface area contributed by atoms with E-state index in [0.29, 0.717) is 25.5 Å². The topological polar surface area (TPSA) is 163 Å². The fourth-order valence-corrected chi connectivity index (χ4v) is 4.91. The number of sulfone groups is 1. The van der Waals surface area contributed by atoms with Crippen LogP contribution in [0.4, 0.5) is 0 Å². The lowest BCUT2D eigenvalue weighted by atomic mass is 10.2. The molecule has 0 aliphatic carbocycles. The van der Waals surface area contributed by atoms with Crippen molar-refractivity contribution in [2.24, 2.45) is 5.73 Å². The molecular weight excluding hydrogens is 602 g/mol. The molecule has 2 aromatic heterocycles. The smallest absolute Gasteiger partial charge is 0.278 e. The second-order valence-corrected chi connectivity index (χ2v) is 13.5. The monoisotopic (exact) mass is 623 g/mol. The lowest BCUT2D eigenvalue weighted by Crippen LogP contribution is -2.09. The number of halogens is 2. The summed E-state index contributed by atoms with van der Waals surface area (Å²) in [4.78, 5) is 7.87. The molecule has 2 N–H and O–H groups in total. The van der Waals surface area contributed by atoms with Gasteiger partial charge >= 0.3 is 0 Å². The van der Waals surface area contributed by atoms with Gasteiger partial charge in [-0.2, -0.15) is 16.8 Å². The molecule has 0 amide bonds. The summed E-state index contributed by atoms with van der Waals surface area (Å²) >= 11 is 6.56. The number of aromatic nitrogens is 2. The second-order valence-electron chi connectivity index (χ2n) is 6.08. The van der Waals surface area contributed by atoms with Crippen molar-refractivity contribution in [1.29, 1.82) is 0 Å². The minimum Gasteiger partial charge on any atom is -0.326 e. The van der Waals surface area contributed by atoms with Gasteiger partial charge in [-0.05, 0) is 61.5 Å². The highest BCUT2D eigenvalue weighted by atomic mass is 79.9. The van der Waals surface area contributed by atoms with Gasteiger partial charge in [0.25, 0.3) is 20.2 Å². The average molecular weight is 625 g/mol. The molecule has 31 heavy (non-hydrogen) atoms. The number of pyridine rings is 2. The van der Waals surface area contributed by atoms with Crippen molar-refractivity contribution < 1.29 is 28.9 Å². The summed E-state index contributed by atoms with van der Waals surface area (Å²) in [6.07, 6.45) is 9.91. The van der Waals surface area contributed by atoms with E-state index in [1.165, 1.54) is 6.26 Å². The van der Waals surface area contributed by atoms with Crippen LogP contribution in [0.25, 0.3) is 0 Å². The predicted octanol–water partition coefficient (Wildman–Crippen LogP) is 1.66. The van der Waals surface area contributed by atoms with Crippen LogP contribution in [-0.2, 0) is 46.7 Å². The van der Waals surface area contributed by atoms with Crippen LogP contribution in [0, 0.1) is 0 Å². The third-order valence-corrected chi connectivity index (χ3v) is 6.56. The molecule has 0 fully saturated rings. The van der Waals surface area contributed by atoms with E-state index in [1.807, 2.05) is 12.1 Å². The molecule has 0 spiro atoms. The summed E-state index contributed by atoms with van der Waals surface area (Å²) in [5, 5.41) is 0. The first-order valence-electron chi connectivity index (χ1n) is 8.18. The van der Waals surface area contributed by atoms with Crippen molar-refractivity contribution in [3.63, 3.8) is 0 Å². The fraction of sp³-hybridized carbons (Fsp3) is 0.375. The number of hydrogen-bond acceptors (Lipinski definition) is 10. The number of nitrogens with two attached hydrogens (primary N) is 1. The van der Waals surface area contributed by atoms with Crippen LogP contribution in [-0.4, -0.2) is 59.7 Å². The van der Waals surface area contributed by atoms with Crippen LogP contribution in [0.3, 0.4) is 0 Å². The van der Waals surface area contributed by atoms with Gasteiger partial charge in [0.1, 0.15) is 9.84 Å². The Balaban J connectivity index is 0.000000448. The molecule has 0 aliphatic heterocycles. The van der Waals surface area contributed by atoms with E-state index < -0.39 is 30.1 Å². The lowest BCUT2D eigenvalue weighted by molar-refractivity contribution is 0.471. The van der Waals surface area contributed by atoms with Crippen molar-refractivity contribution >= 4 is 61.9 Å². The largest absolute Gasteiger partial charge is 0.326 e. The Bertz CT molecular complexity index is 1130. The normalized spacial score (nSPS) is 11.5. The molecule has 0 saturated heterocycles. The summed E-state index contributed by atoms with van der Waals surface area (Å²) in [5.74, 6) is 0.172. The zero-order chi connectivity index (χ0) is 24.3. The van der Waals surface area contributed by atoms with Gasteiger partial charge in [-0.1, -0.05) is 0 Å². The molecule has 0 aliphatic rings. The molecule has 2 aromatic rings. The van der Waals surface area contributed by atoms with Gasteiger partial charge in [-0.25, -0.2) is 8.42 Å². The second kappa shape index (κ2) is 13.5. The first kappa shape index (κ1) is 30.0. The van der Waals surface area contributed by atoms with Crippen molar-refractivity contribution in [2.75, 3.05) is 24.5 Å². The maximum absolute atomic E-state index is 10.9. The molecule has 0 atom stereocenters. The highest BCUT2D eigenvalue weighted by molar-refractivity contribution is 9.10. The number of rotatable bonds is 6. The Kier molecular flexibility index (Phi) is 13.1. The Hall–Kier alpha value is -0.970. The van der Waals surface area contributed by atoms with Gasteiger partial charge in [0.15, 0.2) is 0 Å². The fourth-order valence-electron chi connectivity index (χ4n) is 1.69. The predicted molar refractivity (Wildman–Crippen MR) is 126 cm³/mol. The first-order valence-corrected chi connectivity index (χ1v) is 15.5. The van der Waals surface area contributed by atoms with Gasteiger partial charge in [0.05, 0.1) is 18.3 Å². The van der Waals surface area contributed by atoms with E-state index in [2.05, 4.69) is 45.5 Å². The van der Waals surface area contributed by atoms with Crippen LogP contribution < -0.4 is 5.73 Å². The van der Waals surface area contributed by atoms with Crippen molar-refractivity contribution in [1.82, 2.24) is 9.97 Å². The number of aryl methyl sites for hydroxylation is 1. The molecule has 0 saturated carbocycles. The van der Waals surface area contributed by atoms with Gasteiger partial charge in [0.2, 0.25) is 0 Å². The van der Waals surface area contributed by atoms with E-state index in [4.69, 9.17) is 5.73 Å².